The fourth-order valence-electron chi connectivity index (χ4n) is 7.95. The zero-order valence-corrected chi connectivity index (χ0v) is 22.3. The number of aromatic nitrogens is 3. The van der Waals surface area contributed by atoms with Crippen LogP contribution in [0.2, 0.25) is 0 Å². The molecule has 1 saturated heterocycles. The number of benzene rings is 2. The minimum absolute atomic E-state index is 0.0646. The molecule has 4 aromatic rings. The summed E-state index contributed by atoms with van der Waals surface area (Å²) in [6, 6.07) is 7.06. The summed E-state index contributed by atoms with van der Waals surface area (Å²) in [6.45, 7) is 2.51. The summed E-state index contributed by atoms with van der Waals surface area (Å²) >= 11 is 0. The van der Waals surface area contributed by atoms with Crippen LogP contribution >= 0.6 is 0 Å². The highest BCUT2D eigenvalue weighted by Crippen LogP contribution is 2.47. The highest BCUT2D eigenvalue weighted by atomic mass is 16.5. The average Bonchev–Trinajstić information content (AvgIpc) is 3.62. The van der Waals surface area contributed by atoms with Gasteiger partial charge in [-0.2, -0.15) is 5.10 Å². The SMILES string of the molecule is Cn1cc2c(n1)CCc1c-2c2c(c3c4cc(C5CCCCO5)ccc4n(CC4CCCCC4)c13)CNC2=O. The van der Waals surface area contributed by atoms with Crippen LogP contribution in [0, 0.1) is 5.92 Å². The van der Waals surface area contributed by atoms with Gasteiger partial charge in [-0.25, -0.2) is 0 Å². The van der Waals surface area contributed by atoms with Crippen LogP contribution in [0.5, 0.6) is 0 Å². The van der Waals surface area contributed by atoms with Crippen LogP contribution in [0.15, 0.2) is 24.4 Å². The van der Waals surface area contributed by atoms with Crippen molar-refractivity contribution in [1.29, 1.82) is 0 Å². The summed E-state index contributed by atoms with van der Waals surface area (Å²) in [5, 5.41) is 10.6. The number of fused-ring (bicyclic) bond motifs is 10. The average molecular weight is 509 g/mol. The third kappa shape index (κ3) is 3.35. The minimum Gasteiger partial charge on any atom is -0.374 e. The Labute approximate surface area is 223 Å². The van der Waals surface area contributed by atoms with Gasteiger partial charge in [0.2, 0.25) is 0 Å². The molecular formula is C32H36N4O2. The molecule has 2 fully saturated rings. The highest BCUT2D eigenvalue weighted by Gasteiger charge is 2.36. The largest absolute Gasteiger partial charge is 0.374 e. The van der Waals surface area contributed by atoms with Gasteiger partial charge in [-0.1, -0.05) is 25.3 Å². The molecule has 6 heteroatoms. The van der Waals surface area contributed by atoms with E-state index in [1.165, 1.54) is 77.0 Å². The van der Waals surface area contributed by atoms with E-state index in [4.69, 9.17) is 9.84 Å². The highest BCUT2D eigenvalue weighted by molar-refractivity contribution is 6.19. The van der Waals surface area contributed by atoms with Gasteiger partial charge >= 0.3 is 0 Å². The first-order valence-electron chi connectivity index (χ1n) is 14.7. The molecule has 8 rings (SSSR count). The molecular weight excluding hydrogens is 472 g/mol. The maximum Gasteiger partial charge on any atom is 0.252 e. The summed E-state index contributed by atoms with van der Waals surface area (Å²) < 4.78 is 10.8. The van der Waals surface area contributed by atoms with Crippen molar-refractivity contribution in [2.45, 2.75) is 83.4 Å². The number of nitrogens with zero attached hydrogens (tertiary/aromatic N) is 3. The summed E-state index contributed by atoms with van der Waals surface area (Å²) in [6.07, 6.45) is 14.3. The number of hydrogen-bond donors (Lipinski definition) is 1. The third-order valence-electron chi connectivity index (χ3n) is 9.68. The fraction of sp³-hybridized carbons (Fsp3) is 0.500. The monoisotopic (exact) mass is 508 g/mol. The Morgan fingerprint density at radius 2 is 1.89 bits per heavy atom. The second-order valence-electron chi connectivity index (χ2n) is 12.0. The molecule has 0 radical (unpaired) electrons. The zero-order chi connectivity index (χ0) is 25.4. The lowest BCUT2D eigenvalue weighted by Crippen LogP contribution is -2.17. The van der Waals surface area contributed by atoms with Crippen LogP contribution in [0.25, 0.3) is 32.9 Å². The first kappa shape index (κ1) is 22.8. The van der Waals surface area contributed by atoms with Crippen LogP contribution in [0.4, 0.5) is 0 Å². The first-order valence-corrected chi connectivity index (χ1v) is 14.7. The molecule has 1 unspecified atom stereocenters. The second-order valence-corrected chi connectivity index (χ2v) is 12.0. The minimum atomic E-state index is 0.0646. The Morgan fingerprint density at radius 3 is 2.74 bits per heavy atom. The van der Waals surface area contributed by atoms with Gasteiger partial charge in [0.15, 0.2) is 0 Å². The maximum atomic E-state index is 13.4. The number of rotatable bonds is 3. The summed E-state index contributed by atoms with van der Waals surface area (Å²) in [5.74, 6) is 0.778. The molecule has 4 heterocycles. The maximum absolute atomic E-state index is 13.4. The van der Waals surface area contributed by atoms with E-state index in [2.05, 4.69) is 34.3 Å². The van der Waals surface area contributed by atoms with Crippen molar-refractivity contribution < 1.29 is 9.53 Å². The van der Waals surface area contributed by atoms with Crippen molar-refractivity contribution in [2.24, 2.45) is 13.0 Å². The molecule has 1 saturated carbocycles. The zero-order valence-electron chi connectivity index (χ0n) is 22.3. The smallest absolute Gasteiger partial charge is 0.252 e. The molecule has 2 aliphatic heterocycles. The van der Waals surface area contributed by atoms with E-state index in [-0.39, 0.29) is 12.0 Å². The normalized spacial score (nSPS) is 21.5. The van der Waals surface area contributed by atoms with E-state index < -0.39 is 0 Å². The van der Waals surface area contributed by atoms with Crippen molar-refractivity contribution in [3.05, 3.63) is 52.3 Å². The number of carbonyl (C=O) groups is 1. The second kappa shape index (κ2) is 8.70. The van der Waals surface area contributed by atoms with Gasteiger partial charge in [0, 0.05) is 60.4 Å². The topological polar surface area (TPSA) is 61.1 Å². The van der Waals surface area contributed by atoms with Gasteiger partial charge < -0.3 is 14.6 Å². The number of carbonyl (C=O) groups excluding carboxylic acids is 1. The number of hydrogen-bond acceptors (Lipinski definition) is 3. The summed E-state index contributed by atoms with van der Waals surface area (Å²) in [5.41, 5.74) is 10.8. The molecule has 2 aliphatic carbocycles. The molecule has 4 aliphatic rings. The quantitative estimate of drug-likeness (QED) is 0.350. The van der Waals surface area contributed by atoms with E-state index in [0.717, 1.165) is 61.2 Å². The Balaban J connectivity index is 1.44. The van der Waals surface area contributed by atoms with Crippen molar-refractivity contribution in [1.82, 2.24) is 19.7 Å². The molecule has 6 nitrogen and oxygen atoms in total. The Kier molecular flexibility index (Phi) is 5.23. The van der Waals surface area contributed by atoms with Crippen molar-refractivity contribution in [3.63, 3.8) is 0 Å². The van der Waals surface area contributed by atoms with E-state index in [0.29, 0.717) is 12.5 Å². The predicted molar refractivity (Wildman–Crippen MR) is 149 cm³/mol. The molecule has 2 aromatic heterocycles. The molecule has 2 aromatic carbocycles. The van der Waals surface area contributed by atoms with Gasteiger partial charge in [-0.15, -0.1) is 0 Å². The molecule has 196 valence electrons. The van der Waals surface area contributed by atoms with Crippen LogP contribution in [0.1, 0.15) is 90.2 Å². The lowest BCUT2D eigenvalue weighted by molar-refractivity contribution is 0.0150. The third-order valence-corrected chi connectivity index (χ3v) is 9.68. The number of nitrogens with one attached hydrogen (secondary N) is 1. The summed E-state index contributed by atoms with van der Waals surface area (Å²) in [4.78, 5) is 13.4. The van der Waals surface area contributed by atoms with E-state index in [1.54, 1.807) is 0 Å². The first-order chi connectivity index (χ1) is 18.7. The lowest BCUT2D eigenvalue weighted by atomic mass is 9.82. The van der Waals surface area contributed by atoms with Crippen molar-refractivity contribution in [2.75, 3.05) is 6.61 Å². The van der Waals surface area contributed by atoms with Crippen LogP contribution in [-0.2, 0) is 37.7 Å². The van der Waals surface area contributed by atoms with Gasteiger partial charge in [0.25, 0.3) is 5.91 Å². The standard InChI is InChI=1S/C32H36N4O2/c1-35-18-24-25(34-35)12-11-21-28(24)30-23(16-33-32(30)37)29-22-15-20(27-9-5-6-14-38-27)10-13-26(22)36(31(21)29)17-19-7-3-2-4-8-19/h10,13,15,18-19,27H,2-9,11-12,14,16-17H2,1H3,(H,33,37). The van der Waals surface area contributed by atoms with Crippen molar-refractivity contribution >= 4 is 27.7 Å². The van der Waals surface area contributed by atoms with Crippen LogP contribution < -0.4 is 5.32 Å². The fourth-order valence-corrected chi connectivity index (χ4v) is 7.95. The van der Waals surface area contributed by atoms with Crippen LogP contribution in [-0.4, -0.2) is 26.9 Å². The van der Waals surface area contributed by atoms with E-state index in [1.807, 2.05) is 11.7 Å². The van der Waals surface area contributed by atoms with Crippen molar-refractivity contribution in [3.8, 4) is 11.1 Å². The van der Waals surface area contributed by atoms with Gasteiger partial charge in [0.05, 0.1) is 22.9 Å². The van der Waals surface area contributed by atoms with Gasteiger partial charge in [-0.3, -0.25) is 9.48 Å². The Hall–Kier alpha value is -3.12. The molecule has 1 atom stereocenters. The molecule has 0 spiro atoms. The number of amides is 1. The van der Waals surface area contributed by atoms with E-state index >= 15 is 0 Å². The van der Waals surface area contributed by atoms with Gasteiger partial charge in [-0.05, 0) is 79.7 Å². The number of ether oxygens (including phenoxy) is 1. The lowest BCUT2D eigenvalue weighted by Gasteiger charge is -2.25. The Morgan fingerprint density at radius 1 is 1.03 bits per heavy atom. The van der Waals surface area contributed by atoms with E-state index in [9.17, 15) is 4.79 Å². The number of aryl methyl sites for hydroxylation is 3. The molecule has 38 heavy (non-hydrogen) atoms. The van der Waals surface area contributed by atoms with Gasteiger partial charge in [0.1, 0.15) is 0 Å². The molecule has 1 N–H and O–H groups in total. The predicted octanol–water partition coefficient (Wildman–Crippen LogP) is 6.36. The molecule has 0 bridgehead atoms. The summed E-state index contributed by atoms with van der Waals surface area (Å²) in [7, 11) is 1.99. The Bertz CT molecular complexity index is 1600. The van der Waals surface area contributed by atoms with Crippen LogP contribution in [0.3, 0.4) is 0 Å². The molecule has 1 amide bonds.